The summed E-state index contributed by atoms with van der Waals surface area (Å²) >= 11 is 0. The van der Waals surface area contributed by atoms with Gasteiger partial charge >= 0.3 is 6.03 Å². The molecule has 1 saturated heterocycles. The largest absolute Gasteiger partial charge is 0.356 e. The lowest BCUT2D eigenvalue weighted by Gasteiger charge is -2.20. The van der Waals surface area contributed by atoms with Gasteiger partial charge in [0, 0.05) is 26.2 Å². The number of guanidine groups is 1. The molecule has 0 aliphatic carbocycles. The molecule has 1 heterocycles. The lowest BCUT2D eigenvalue weighted by Crippen LogP contribution is -2.44. The van der Waals surface area contributed by atoms with Crippen LogP contribution in [0.3, 0.4) is 0 Å². The Balaban J connectivity index is 0.00000625. The lowest BCUT2D eigenvalue weighted by atomic mass is 9.99. The molecule has 0 spiro atoms. The molecule has 0 aromatic heterocycles. The number of nitrogens with one attached hydrogen (secondary N) is 3. The van der Waals surface area contributed by atoms with Crippen LogP contribution in [0.1, 0.15) is 60.3 Å². The van der Waals surface area contributed by atoms with E-state index in [9.17, 15) is 9.59 Å². The second-order valence-corrected chi connectivity index (χ2v) is 7.44. The van der Waals surface area contributed by atoms with Crippen molar-refractivity contribution in [3.05, 3.63) is 0 Å². The fraction of sp³-hybridized carbons (Fsp3) is 0.833. The van der Waals surface area contributed by atoms with E-state index >= 15 is 0 Å². The Morgan fingerprint density at radius 1 is 1.27 bits per heavy atom. The van der Waals surface area contributed by atoms with Crippen molar-refractivity contribution in [3.8, 4) is 0 Å². The fourth-order valence-corrected chi connectivity index (χ4v) is 2.72. The van der Waals surface area contributed by atoms with Crippen LogP contribution in [0.5, 0.6) is 0 Å². The van der Waals surface area contributed by atoms with Crippen LogP contribution in [0.4, 0.5) is 4.79 Å². The molecule has 152 valence electrons. The summed E-state index contributed by atoms with van der Waals surface area (Å²) in [6, 6.07) is 0.0592. The molecule has 2 atom stereocenters. The minimum absolute atomic E-state index is 0. The molecule has 3 N–H and O–H groups in total. The van der Waals surface area contributed by atoms with E-state index in [1.54, 1.807) is 14.0 Å². The first-order chi connectivity index (χ1) is 11.7. The Morgan fingerprint density at radius 3 is 2.42 bits per heavy atom. The van der Waals surface area contributed by atoms with Crippen molar-refractivity contribution >= 4 is 41.9 Å². The third-order valence-electron chi connectivity index (χ3n) is 4.69. The fourth-order valence-electron chi connectivity index (χ4n) is 2.72. The molecule has 0 aromatic carbocycles. The monoisotopic (exact) mass is 481 g/mol. The molecule has 7 nitrogen and oxygen atoms in total. The van der Waals surface area contributed by atoms with Gasteiger partial charge in [-0.25, -0.2) is 4.79 Å². The normalized spacial score (nSPS) is 21.5. The number of imide groups is 1. The summed E-state index contributed by atoms with van der Waals surface area (Å²) in [6.45, 7) is 11.3. The number of amides is 3. The second kappa shape index (κ2) is 11.6. The Hall–Kier alpha value is -1.06. The maximum absolute atomic E-state index is 12.3. The molecular weight excluding hydrogens is 445 g/mol. The number of aliphatic imine (C=N–C) groups is 1. The number of nitrogens with zero attached hydrogens (tertiary/aromatic N) is 2. The highest BCUT2D eigenvalue weighted by Gasteiger charge is 2.45. The van der Waals surface area contributed by atoms with E-state index in [-0.39, 0.29) is 35.9 Å². The van der Waals surface area contributed by atoms with Gasteiger partial charge in [-0.1, -0.05) is 20.8 Å². The van der Waals surface area contributed by atoms with Crippen LogP contribution in [0, 0.1) is 5.92 Å². The van der Waals surface area contributed by atoms with E-state index in [1.165, 1.54) is 11.3 Å². The minimum atomic E-state index is -0.756. The summed E-state index contributed by atoms with van der Waals surface area (Å²) < 4.78 is 0. The van der Waals surface area contributed by atoms with Crippen LogP contribution in [0.15, 0.2) is 4.99 Å². The Bertz CT molecular complexity index is 498. The molecule has 1 fully saturated rings. The SMILES string of the molecule is CCC1(C)NC(=O)N(CCCNC(=NC)NC(C)CCC(C)C)C1=O.I. The molecule has 26 heavy (non-hydrogen) atoms. The van der Waals surface area contributed by atoms with Crippen molar-refractivity contribution in [2.75, 3.05) is 20.1 Å². The number of rotatable bonds is 9. The van der Waals surface area contributed by atoms with Crippen molar-refractivity contribution in [3.63, 3.8) is 0 Å². The first-order valence-corrected chi connectivity index (χ1v) is 9.34. The molecule has 8 heteroatoms. The average molecular weight is 481 g/mol. The van der Waals surface area contributed by atoms with Gasteiger partial charge in [-0.3, -0.25) is 14.7 Å². The average Bonchev–Trinajstić information content (AvgIpc) is 2.78. The topological polar surface area (TPSA) is 85.8 Å². The standard InChI is InChI=1S/C18H35N5O2.HI/c1-7-18(5)15(24)23(17(25)22-18)12-8-11-20-16(19-6)21-14(4)10-9-13(2)3;/h13-14H,7-12H2,1-6H3,(H,22,25)(H2,19,20,21);1H. The lowest BCUT2D eigenvalue weighted by molar-refractivity contribution is -0.130. The maximum atomic E-state index is 12.3. The third kappa shape index (κ3) is 7.28. The first kappa shape index (κ1) is 24.9. The van der Waals surface area contributed by atoms with Gasteiger partial charge in [-0.2, -0.15) is 0 Å². The molecule has 1 rings (SSSR count). The maximum Gasteiger partial charge on any atom is 0.325 e. The number of hydrogen-bond acceptors (Lipinski definition) is 3. The van der Waals surface area contributed by atoms with Crippen LogP contribution >= 0.6 is 24.0 Å². The smallest absolute Gasteiger partial charge is 0.325 e. The van der Waals surface area contributed by atoms with Crippen molar-refractivity contribution in [2.45, 2.75) is 71.9 Å². The molecule has 0 saturated carbocycles. The number of carbonyl (C=O) groups is 2. The van der Waals surface area contributed by atoms with Gasteiger partial charge in [0.05, 0.1) is 0 Å². The zero-order chi connectivity index (χ0) is 19.0. The second-order valence-electron chi connectivity index (χ2n) is 7.44. The number of hydrogen-bond donors (Lipinski definition) is 3. The molecule has 0 bridgehead atoms. The number of carbonyl (C=O) groups excluding carboxylic acids is 2. The minimum Gasteiger partial charge on any atom is -0.356 e. The first-order valence-electron chi connectivity index (χ1n) is 9.34. The van der Waals surface area contributed by atoms with Crippen molar-refractivity contribution in [1.29, 1.82) is 0 Å². The highest BCUT2D eigenvalue weighted by atomic mass is 127. The van der Waals surface area contributed by atoms with Crippen LogP contribution in [-0.2, 0) is 4.79 Å². The van der Waals surface area contributed by atoms with Gasteiger partial charge in [0.25, 0.3) is 5.91 Å². The quantitative estimate of drug-likeness (QED) is 0.156. The van der Waals surface area contributed by atoms with E-state index in [0.717, 1.165) is 12.4 Å². The van der Waals surface area contributed by atoms with E-state index < -0.39 is 5.54 Å². The molecule has 1 aliphatic rings. The highest BCUT2D eigenvalue weighted by molar-refractivity contribution is 14.0. The van der Waals surface area contributed by atoms with E-state index in [2.05, 4.69) is 41.7 Å². The predicted molar refractivity (Wildman–Crippen MR) is 117 cm³/mol. The summed E-state index contributed by atoms with van der Waals surface area (Å²) in [7, 11) is 1.74. The zero-order valence-electron chi connectivity index (χ0n) is 17.0. The summed E-state index contributed by atoms with van der Waals surface area (Å²) in [4.78, 5) is 29.8. The number of halogens is 1. The van der Waals surface area contributed by atoms with Crippen molar-refractivity contribution < 1.29 is 9.59 Å². The van der Waals surface area contributed by atoms with E-state index in [4.69, 9.17) is 0 Å². The molecule has 2 unspecified atom stereocenters. The molecule has 0 radical (unpaired) electrons. The Labute approximate surface area is 175 Å². The Morgan fingerprint density at radius 2 is 1.92 bits per heavy atom. The molecule has 1 aliphatic heterocycles. The van der Waals surface area contributed by atoms with Crippen molar-refractivity contribution in [1.82, 2.24) is 20.9 Å². The molecular formula is C18H36IN5O2. The van der Waals surface area contributed by atoms with Gasteiger partial charge in [0.1, 0.15) is 5.54 Å². The van der Waals surface area contributed by atoms with Gasteiger partial charge in [-0.05, 0) is 45.4 Å². The third-order valence-corrected chi connectivity index (χ3v) is 4.69. The van der Waals surface area contributed by atoms with Crippen LogP contribution in [-0.4, -0.2) is 54.5 Å². The summed E-state index contributed by atoms with van der Waals surface area (Å²) in [5.74, 6) is 1.31. The van der Waals surface area contributed by atoms with Gasteiger partial charge in [0.15, 0.2) is 5.96 Å². The highest BCUT2D eigenvalue weighted by Crippen LogP contribution is 2.20. The zero-order valence-corrected chi connectivity index (χ0v) is 19.3. The molecule has 0 aromatic rings. The van der Waals surface area contributed by atoms with Crippen molar-refractivity contribution in [2.24, 2.45) is 10.9 Å². The predicted octanol–water partition coefficient (Wildman–Crippen LogP) is 2.70. The number of urea groups is 1. The van der Waals surface area contributed by atoms with E-state index in [1.807, 2.05) is 6.92 Å². The Kier molecular flexibility index (Phi) is 11.1. The summed E-state index contributed by atoms with van der Waals surface area (Å²) in [5.41, 5.74) is -0.756. The summed E-state index contributed by atoms with van der Waals surface area (Å²) in [6.07, 6.45) is 3.54. The van der Waals surface area contributed by atoms with Crippen LogP contribution in [0.2, 0.25) is 0 Å². The van der Waals surface area contributed by atoms with Gasteiger partial charge in [-0.15, -0.1) is 24.0 Å². The summed E-state index contributed by atoms with van der Waals surface area (Å²) in [5, 5.41) is 9.39. The van der Waals surface area contributed by atoms with Gasteiger partial charge < -0.3 is 16.0 Å². The van der Waals surface area contributed by atoms with E-state index in [0.29, 0.717) is 37.9 Å². The van der Waals surface area contributed by atoms with Crippen LogP contribution in [0.25, 0.3) is 0 Å². The van der Waals surface area contributed by atoms with Crippen LogP contribution < -0.4 is 16.0 Å². The molecule has 3 amide bonds. The van der Waals surface area contributed by atoms with Gasteiger partial charge in [0.2, 0.25) is 0 Å².